The van der Waals surface area contributed by atoms with Crippen molar-refractivity contribution in [2.45, 2.75) is 93.2 Å². The molecule has 3 aromatic rings. The number of piperidine rings is 2. The van der Waals surface area contributed by atoms with Crippen LogP contribution in [0.3, 0.4) is 0 Å². The molecule has 10 atom stereocenters. The Morgan fingerprint density at radius 3 is 2.43 bits per heavy atom. The number of benzene rings is 2. The fraction of sp³-hybridized carbons (Fsp3) is 0.568. The number of hydrogen-bond donors (Lipinski definition) is 1. The molecular weight excluding hydrogens is 713 g/mol. The summed E-state index contributed by atoms with van der Waals surface area (Å²) in [5.41, 5.74) is 1.04. The minimum atomic E-state index is -2.19. The predicted molar refractivity (Wildman–Crippen MR) is 209 cm³/mol. The van der Waals surface area contributed by atoms with Gasteiger partial charge in [0.1, 0.15) is 11.2 Å². The maximum absolute atomic E-state index is 14.6. The number of methoxy groups -OCH3 is 3. The number of carbonyl (C=O) groups excluding carboxylic acids is 3. The lowest BCUT2D eigenvalue weighted by atomic mass is 9.46. The van der Waals surface area contributed by atoms with Crippen LogP contribution in [0.5, 0.6) is 5.75 Å². The third-order valence-electron chi connectivity index (χ3n) is 15.5. The van der Waals surface area contributed by atoms with Gasteiger partial charge < -0.3 is 33.5 Å². The molecule has 8 aliphatic rings. The van der Waals surface area contributed by atoms with Gasteiger partial charge in [0.05, 0.1) is 27.4 Å². The molecule has 11 rings (SSSR count). The smallest absolute Gasteiger partial charge is 0.344 e. The topological polar surface area (TPSA) is 123 Å². The number of aromatic nitrogens is 1. The minimum Gasteiger partial charge on any atom is -0.496 e. The molecule has 7 heterocycles. The van der Waals surface area contributed by atoms with Gasteiger partial charge in [-0.2, -0.15) is 0 Å². The number of esters is 3. The molecule has 296 valence electrons. The van der Waals surface area contributed by atoms with E-state index < -0.39 is 45.9 Å². The van der Waals surface area contributed by atoms with Crippen LogP contribution in [0.15, 0.2) is 48.6 Å². The van der Waals surface area contributed by atoms with Crippen LogP contribution in [0.25, 0.3) is 22.0 Å². The Hall–Kier alpha value is -4.39. The highest BCUT2D eigenvalue weighted by molar-refractivity contribution is 6.04. The van der Waals surface area contributed by atoms with E-state index in [1.54, 1.807) is 7.11 Å². The summed E-state index contributed by atoms with van der Waals surface area (Å²) in [6.07, 6.45) is 6.82. The number of nitrogens with zero attached hydrogens (tertiary/aromatic N) is 4. The second-order valence-electron chi connectivity index (χ2n) is 17.5. The van der Waals surface area contributed by atoms with E-state index in [2.05, 4.69) is 69.8 Å². The van der Waals surface area contributed by atoms with Crippen LogP contribution in [0.2, 0.25) is 0 Å². The number of carbonyl (C=O) groups is 3. The summed E-state index contributed by atoms with van der Waals surface area (Å²) in [7, 11) is 6.39. The SMILES string of the molecule is CC[C@@]12CCCN3CC[C@]4(c5cc(-c6c7n(c8ccccc68)CCN6C[C@H]8C=C[C@@H]6[C@]7(C(=O)OC)C8)c(OC)cc5N(C)[C@@H]4[C@](O)(C(=O)OC)[C@H]1OC(C)=O)[C@H]32. The van der Waals surface area contributed by atoms with E-state index in [-0.39, 0.29) is 24.0 Å². The molecule has 56 heavy (non-hydrogen) atoms. The molecule has 2 aliphatic carbocycles. The van der Waals surface area contributed by atoms with E-state index in [1.807, 2.05) is 11.9 Å². The van der Waals surface area contributed by atoms with Gasteiger partial charge in [0.2, 0.25) is 5.60 Å². The second kappa shape index (κ2) is 12.1. The first kappa shape index (κ1) is 36.0. The lowest BCUT2D eigenvalue weighted by molar-refractivity contribution is -0.242. The monoisotopic (exact) mass is 764 g/mol. The third kappa shape index (κ3) is 4.07. The summed E-state index contributed by atoms with van der Waals surface area (Å²) in [6.45, 7) is 7.51. The minimum absolute atomic E-state index is 0.143. The first-order chi connectivity index (χ1) is 27.0. The number of likely N-dealkylation sites (N-methyl/N-ethyl adjacent to an activating group) is 1. The molecule has 1 aromatic heterocycles. The van der Waals surface area contributed by atoms with Crippen LogP contribution in [-0.4, -0.2) is 122 Å². The fourth-order valence-electron chi connectivity index (χ4n) is 13.9. The summed E-state index contributed by atoms with van der Waals surface area (Å²) in [5.74, 6) is -0.751. The zero-order valence-corrected chi connectivity index (χ0v) is 33.2. The van der Waals surface area contributed by atoms with Crippen molar-refractivity contribution >= 4 is 34.5 Å². The number of rotatable bonds is 6. The molecule has 3 saturated heterocycles. The van der Waals surface area contributed by atoms with E-state index in [1.165, 1.54) is 21.1 Å². The van der Waals surface area contributed by atoms with E-state index in [0.717, 1.165) is 71.6 Å². The molecule has 0 amide bonds. The van der Waals surface area contributed by atoms with Gasteiger partial charge in [-0.15, -0.1) is 0 Å². The van der Waals surface area contributed by atoms with Crippen molar-refractivity contribution < 1.29 is 38.4 Å². The Labute approximate surface area is 327 Å². The lowest BCUT2D eigenvalue weighted by Crippen LogP contribution is -2.82. The number of fused-ring (bicyclic) bond motifs is 4. The highest BCUT2D eigenvalue weighted by atomic mass is 16.6. The van der Waals surface area contributed by atoms with Crippen LogP contribution in [0, 0.1) is 11.3 Å². The summed E-state index contributed by atoms with van der Waals surface area (Å²) in [4.78, 5) is 48.9. The van der Waals surface area contributed by atoms with Crippen molar-refractivity contribution in [1.82, 2.24) is 14.4 Å². The summed E-state index contributed by atoms with van der Waals surface area (Å²) in [6, 6.07) is 11.6. The van der Waals surface area contributed by atoms with Crippen molar-refractivity contribution in [3.63, 3.8) is 0 Å². The molecule has 6 aliphatic heterocycles. The van der Waals surface area contributed by atoms with Gasteiger partial charge in [-0.3, -0.25) is 19.4 Å². The van der Waals surface area contributed by atoms with Crippen molar-refractivity contribution in [1.29, 1.82) is 0 Å². The molecule has 1 spiro atoms. The highest BCUT2D eigenvalue weighted by Crippen LogP contribution is 2.69. The molecular formula is C44H52N4O8. The van der Waals surface area contributed by atoms with Gasteiger partial charge in [0, 0.05) is 96.0 Å². The van der Waals surface area contributed by atoms with Crippen molar-refractivity contribution in [2.24, 2.45) is 11.3 Å². The molecule has 1 N–H and O–H groups in total. The molecule has 1 unspecified atom stereocenters. The Morgan fingerprint density at radius 2 is 1.71 bits per heavy atom. The first-order valence-electron chi connectivity index (χ1n) is 20.3. The van der Waals surface area contributed by atoms with Crippen LogP contribution in [0.1, 0.15) is 57.2 Å². The maximum atomic E-state index is 14.6. The van der Waals surface area contributed by atoms with Crippen LogP contribution in [-0.2, 0) is 46.0 Å². The zero-order chi connectivity index (χ0) is 39.1. The number of anilines is 1. The summed E-state index contributed by atoms with van der Waals surface area (Å²) < 4.78 is 26.2. The normalized spacial score (nSPS) is 37.3. The Bertz CT molecular complexity index is 2230. The van der Waals surface area contributed by atoms with Crippen LogP contribution >= 0.6 is 0 Å². The number of para-hydroxylation sites is 1. The standard InChI is InChI=1S/C44H52N4O8/c1-7-41-15-10-17-46-18-16-42(36(41)46)29-21-28(32(53-4)22-31(29)45(3)37(42)44(52,40(51)55-6)38(41)56-25(2)49)34-27-11-8-9-12-30(27)48-20-19-47-24-26-13-14-33(47)43(23-26,35(34)48)39(50)54-5/h8-9,11-14,21-22,26,33,36-38,52H,7,10,15-20,23-24H2,1-6H3/t26-,33+,36+,37-,38-,41-,42-,43+,44+/m0/s1. The van der Waals surface area contributed by atoms with Gasteiger partial charge in [-0.1, -0.05) is 37.3 Å². The summed E-state index contributed by atoms with van der Waals surface area (Å²) in [5, 5.41) is 14.3. The molecule has 4 fully saturated rings. The highest BCUT2D eigenvalue weighted by Gasteiger charge is 2.80. The van der Waals surface area contributed by atoms with E-state index >= 15 is 0 Å². The second-order valence-corrected chi connectivity index (χ2v) is 17.5. The quantitative estimate of drug-likeness (QED) is 0.221. The Kier molecular flexibility index (Phi) is 7.75. The molecule has 4 bridgehead atoms. The van der Waals surface area contributed by atoms with E-state index in [9.17, 15) is 19.5 Å². The number of hydrogen-bond acceptors (Lipinski definition) is 11. The maximum Gasteiger partial charge on any atom is 0.344 e. The third-order valence-corrected chi connectivity index (χ3v) is 15.5. The van der Waals surface area contributed by atoms with Crippen molar-refractivity contribution in [3.8, 4) is 16.9 Å². The number of ether oxygens (including phenoxy) is 4. The molecule has 12 heteroatoms. The van der Waals surface area contributed by atoms with Crippen molar-refractivity contribution in [2.75, 3.05) is 59.5 Å². The molecule has 1 saturated carbocycles. The average Bonchev–Trinajstić information content (AvgIpc) is 3.83. The first-order valence-corrected chi connectivity index (χ1v) is 20.3. The lowest BCUT2D eigenvalue weighted by Gasteiger charge is -2.65. The number of aliphatic hydroxyl groups is 1. The predicted octanol–water partition coefficient (Wildman–Crippen LogP) is 4.17. The van der Waals surface area contributed by atoms with Gasteiger partial charge in [-0.05, 0) is 68.8 Å². The largest absolute Gasteiger partial charge is 0.496 e. The van der Waals surface area contributed by atoms with Gasteiger partial charge >= 0.3 is 17.9 Å². The van der Waals surface area contributed by atoms with Crippen molar-refractivity contribution in [3.05, 3.63) is 59.8 Å². The average molecular weight is 765 g/mol. The fourth-order valence-corrected chi connectivity index (χ4v) is 13.9. The van der Waals surface area contributed by atoms with Crippen LogP contribution in [0.4, 0.5) is 5.69 Å². The molecule has 12 nitrogen and oxygen atoms in total. The Balaban J connectivity index is 1.29. The van der Waals surface area contributed by atoms with Crippen LogP contribution < -0.4 is 9.64 Å². The summed E-state index contributed by atoms with van der Waals surface area (Å²) >= 11 is 0. The Morgan fingerprint density at radius 1 is 0.929 bits per heavy atom. The van der Waals surface area contributed by atoms with E-state index in [4.69, 9.17) is 18.9 Å². The van der Waals surface area contributed by atoms with Gasteiger partial charge in [-0.25, -0.2) is 4.79 Å². The zero-order valence-electron chi connectivity index (χ0n) is 33.2. The molecule has 0 radical (unpaired) electrons. The van der Waals surface area contributed by atoms with E-state index in [0.29, 0.717) is 38.0 Å². The van der Waals surface area contributed by atoms with Gasteiger partial charge in [0.25, 0.3) is 0 Å². The van der Waals surface area contributed by atoms with Gasteiger partial charge in [0.15, 0.2) is 6.10 Å². The molecule has 2 aromatic carbocycles.